The first-order valence-corrected chi connectivity index (χ1v) is 5.79. The maximum atomic E-state index is 10.8. The van der Waals surface area contributed by atoms with Gasteiger partial charge in [0, 0.05) is 6.42 Å². The Balaban J connectivity index is 2.58. The van der Waals surface area contributed by atoms with Crippen LogP contribution in [-0.2, 0) is 4.79 Å². The van der Waals surface area contributed by atoms with Crippen molar-refractivity contribution in [2.24, 2.45) is 0 Å². The first-order chi connectivity index (χ1) is 7.50. The molecule has 0 aliphatic heterocycles. The molecule has 1 rings (SSSR count). The second kappa shape index (κ2) is 5.69. The zero-order valence-electron chi connectivity index (χ0n) is 10.3. The van der Waals surface area contributed by atoms with Gasteiger partial charge in [0.2, 0.25) is 0 Å². The molecular weight excluding hydrogens is 200 g/mol. The fourth-order valence-electron chi connectivity index (χ4n) is 1.88. The van der Waals surface area contributed by atoms with Gasteiger partial charge in [-0.3, -0.25) is 0 Å². The van der Waals surface area contributed by atoms with Gasteiger partial charge in [0.1, 0.15) is 11.5 Å². The van der Waals surface area contributed by atoms with Gasteiger partial charge in [0.05, 0.1) is 0 Å². The largest absolute Gasteiger partial charge is 0.508 e. The van der Waals surface area contributed by atoms with Gasteiger partial charge in [0.25, 0.3) is 0 Å². The van der Waals surface area contributed by atoms with E-state index < -0.39 is 0 Å². The molecule has 16 heavy (non-hydrogen) atoms. The predicted molar refractivity (Wildman–Crippen MR) is 65.8 cm³/mol. The van der Waals surface area contributed by atoms with Crippen molar-refractivity contribution >= 4 is 5.78 Å². The molecule has 1 N–H and O–H groups in total. The molecule has 0 bridgehead atoms. The molecule has 1 aromatic rings. The van der Waals surface area contributed by atoms with E-state index in [1.54, 1.807) is 13.0 Å². The standard InChI is InChI=1S/C14H20O2/c1-10-7-8-13(14(16)9-10)11(2)5-4-6-12(3)15/h7-9,11,16H,4-6H2,1-3H3. The smallest absolute Gasteiger partial charge is 0.129 e. The minimum Gasteiger partial charge on any atom is -0.508 e. The fraction of sp³-hybridized carbons (Fsp3) is 0.500. The highest BCUT2D eigenvalue weighted by molar-refractivity contribution is 5.75. The third kappa shape index (κ3) is 3.69. The minimum absolute atomic E-state index is 0.236. The molecule has 0 aliphatic rings. The normalized spacial score (nSPS) is 12.4. The van der Waals surface area contributed by atoms with Gasteiger partial charge in [-0.2, -0.15) is 0 Å². The first kappa shape index (κ1) is 12.8. The van der Waals surface area contributed by atoms with E-state index in [0.29, 0.717) is 18.1 Å². The Hall–Kier alpha value is -1.31. The van der Waals surface area contributed by atoms with Crippen LogP contribution in [0.2, 0.25) is 0 Å². The molecule has 0 aliphatic carbocycles. The molecular formula is C14H20O2. The number of phenols is 1. The van der Waals surface area contributed by atoms with E-state index in [9.17, 15) is 9.90 Å². The number of benzene rings is 1. The van der Waals surface area contributed by atoms with E-state index in [0.717, 1.165) is 24.0 Å². The molecule has 0 radical (unpaired) electrons. The van der Waals surface area contributed by atoms with E-state index >= 15 is 0 Å². The van der Waals surface area contributed by atoms with E-state index in [-0.39, 0.29) is 5.78 Å². The molecule has 0 aromatic heterocycles. The number of hydrogen-bond donors (Lipinski definition) is 1. The van der Waals surface area contributed by atoms with E-state index in [4.69, 9.17) is 0 Å². The molecule has 1 atom stereocenters. The van der Waals surface area contributed by atoms with Crippen LogP contribution in [0.3, 0.4) is 0 Å². The van der Waals surface area contributed by atoms with Crippen LogP contribution in [0.5, 0.6) is 5.75 Å². The summed E-state index contributed by atoms with van der Waals surface area (Å²) in [6.45, 7) is 5.67. The van der Waals surface area contributed by atoms with Gasteiger partial charge in [-0.25, -0.2) is 0 Å². The highest BCUT2D eigenvalue weighted by Crippen LogP contribution is 2.29. The fourth-order valence-corrected chi connectivity index (χ4v) is 1.88. The molecule has 0 saturated carbocycles. The van der Waals surface area contributed by atoms with Gasteiger partial charge >= 0.3 is 0 Å². The van der Waals surface area contributed by atoms with E-state index in [2.05, 4.69) is 6.92 Å². The van der Waals surface area contributed by atoms with E-state index in [1.807, 2.05) is 19.1 Å². The number of phenolic OH excluding ortho intramolecular Hbond substituents is 1. The average molecular weight is 220 g/mol. The highest BCUT2D eigenvalue weighted by Gasteiger charge is 2.10. The molecule has 0 saturated heterocycles. The third-order valence-corrected chi connectivity index (χ3v) is 2.88. The summed E-state index contributed by atoms with van der Waals surface area (Å²) in [6.07, 6.45) is 2.47. The van der Waals surface area contributed by atoms with Crippen molar-refractivity contribution in [1.82, 2.24) is 0 Å². The van der Waals surface area contributed by atoms with Gasteiger partial charge in [-0.15, -0.1) is 0 Å². The Bertz CT molecular complexity index is 369. The number of rotatable bonds is 5. The predicted octanol–water partition coefficient (Wildman–Crippen LogP) is 3.56. The molecule has 1 aromatic carbocycles. The monoisotopic (exact) mass is 220 g/mol. The molecule has 0 heterocycles. The van der Waals surface area contributed by atoms with Crippen LogP contribution >= 0.6 is 0 Å². The lowest BCUT2D eigenvalue weighted by Gasteiger charge is -2.13. The maximum absolute atomic E-state index is 10.8. The molecule has 2 heteroatoms. The Morgan fingerprint density at radius 3 is 2.69 bits per heavy atom. The third-order valence-electron chi connectivity index (χ3n) is 2.88. The summed E-state index contributed by atoms with van der Waals surface area (Å²) in [4.78, 5) is 10.8. The van der Waals surface area contributed by atoms with Gasteiger partial charge in [-0.1, -0.05) is 19.1 Å². The lowest BCUT2D eigenvalue weighted by Crippen LogP contribution is -1.97. The average Bonchev–Trinajstić information content (AvgIpc) is 2.16. The summed E-state index contributed by atoms with van der Waals surface area (Å²) in [5.41, 5.74) is 2.05. The summed E-state index contributed by atoms with van der Waals surface area (Å²) >= 11 is 0. The lowest BCUT2D eigenvalue weighted by atomic mass is 9.93. The number of ketones is 1. The minimum atomic E-state index is 0.236. The summed E-state index contributed by atoms with van der Waals surface area (Å²) in [5, 5.41) is 9.80. The zero-order chi connectivity index (χ0) is 12.1. The SMILES string of the molecule is CC(=O)CCCC(C)c1ccc(C)cc1O. The number of Topliss-reactive ketones (excluding diaryl/α,β-unsaturated/α-hetero) is 1. The first-order valence-electron chi connectivity index (χ1n) is 5.79. The summed E-state index contributed by atoms with van der Waals surface area (Å²) in [6, 6.07) is 5.77. The van der Waals surface area contributed by atoms with E-state index in [1.165, 1.54) is 0 Å². The lowest BCUT2D eigenvalue weighted by molar-refractivity contribution is -0.117. The van der Waals surface area contributed by atoms with Gasteiger partial charge in [-0.05, 0) is 49.8 Å². The zero-order valence-corrected chi connectivity index (χ0v) is 10.3. The summed E-state index contributed by atoms with van der Waals surface area (Å²) in [7, 11) is 0. The second-order valence-corrected chi connectivity index (χ2v) is 4.56. The Morgan fingerprint density at radius 1 is 1.44 bits per heavy atom. The molecule has 0 fully saturated rings. The summed E-state index contributed by atoms with van der Waals surface area (Å²) < 4.78 is 0. The van der Waals surface area contributed by atoms with Crippen LogP contribution in [0.1, 0.15) is 50.2 Å². The maximum Gasteiger partial charge on any atom is 0.129 e. The van der Waals surface area contributed by atoms with Crippen LogP contribution in [0.25, 0.3) is 0 Å². The molecule has 88 valence electrons. The van der Waals surface area contributed by atoms with Crippen molar-refractivity contribution in [1.29, 1.82) is 0 Å². The van der Waals surface area contributed by atoms with Crippen molar-refractivity contribution in [2.75, 3.05) is 0 Å². The van der Waals surface area contributed by atoms with Crippen molar-refractivity contribution in [3.05, 3.63) is 29.3 Å². The highest BCUT2D eigenvalue weighted by atomic mass is 16.3. The number of carbonyl (C=O) groups excluding carboxylic acids is 1. The van der Waals surface area contributed by atoms with Crippen LogP contribution < -0.4 is 0 Å². The second-order valence-electron chi connectivity index (χ2n) is 4.56. The molecule has 0 amide bonds. The Morgan fingerprint density at radius 2 is 2.12 bits per heavy atom. The molecule has 2 nitrogen and oxygen atoms in total. The van der Waals surface area contributed by atoms with Crippen LogP contribution in [0.4, 0.5) is 0 Å². The summed E-state index contributed by atoms with van der Waals surface area (Å²) in [5.74, 6) is 0.913. The van der Waals surface area contributed by atoms with Crippen LogP contribution in [-0.4, -0.2) is 10.9 Å². The van der Waals surface area contributed by atoms with Crippen molar-refractivity contribution in [3.63, 3.8) is 0 Å². The molecule has 0 spiro atoms. The van der Waals surface area contributed by atoms with Crippen molar-refractivity contribution in [3.8, 4) is 5.75 Å². The van der Waals surface area contributed by atoms with Gasteiger partial charge < -0.3 is 9.90 Å². The Kier molecular flexibility index (Phi) is 4.53. The number of aromatic hydroxyl groups is 1. The topological polar surface area (TPSA) is 37.3 Å². The van der Waals surface area contributed by atoms with Crippen molar-refractivity contribution in [2.45, 2.75) is 46.0 Å². The van der Waals surface area contributed by atoms with Crippen molar-refractivity contribution < 1.29 is 9.90 Å². The molecule has 1 unspecified atom stereocenters. The van der Waals surface area contributed by atoms with Crippen LogP contribution in [0.15, 0.2) is 18.2 Å². The Labute approximate surface area is 97.3 Å². The van der Waals surface area contributed by atoms with Gasteiger partial charge in [0.15, 0.2) is 0 Å². The number of aryl methyl sites for hydroxylation is 1. The van der Waals surface area contributed by atoms with Crippen LogP contribution in [0, 0.1) is 6.92 Å². The number of hydrogen-bond acceptors (Lipinski definition) is 2. The number of carbonyl (C=O) groups is 1. The quantitative estimate of drug-likeness (QED) is 0.823.